The van der Waals surface area contributed by atoms with Crippen molar-refractivity contribution in [2.24, 2.45) is 0 Å². The van der Waals surface area contributed by atoms with Gasteiger partial charge in [0.2, 0.25) is 0 Å². The number of carbonyl (C=O) groups excluding carboxylic acids is 1. The third-order valence-corrected chi connectivity index (χ3v) is 2.43. The number of hydrogen-bond donors (Lipinski definition) is 1. The first kappa shape index (κ1) is 10.4. The van der Waals surface area contributed by atoms with Crippen LogP contribution in [0.2, 0.25) is 15.1 Å². The standard InChI is InChI=1S/C7H3Cl3NO2/c8-4-1-3(11-7(12)13)2-5(9)6(4)10/h1-2,11H. The molecule has 0 aromatic heterocycles. The van der Waals surface area contributed by atoms with Crippen LogP contribution in [0, 0.1) is 0 Å². The van der Waals surface area contributed by atoms with E-state index in [-0.39, 0.29) is 20.8 Å². The van der Waals surface area contributed by atoms with Crippen molar-refractivity contribution in [1.82, 2.24) is 0 Å². The molecule has 1 rings (SSSR count). The largest absolute Gasteiger partial charge is 0.454 e. The first-order chi connectivity index (χ1) is 6.00. The van der Waals surface area contributed by atoms with E-state index in [1.165, 1.54) is 12.1 Å². The van der Waals surface area contributed by atoms with Crippen LogP contribution in [0.5, 0.6) is 0 Å². The van der Waals surface area contributed by atoms with Gasteiger partial charge in [0.25, 0.3) is 0 Å². The Labute approximate surface area is 89.2 Å². The zero-order valence-electron chi connectivity index (χ0n) is 6.11. The summed E-state index contributed by atoms with van der Waals surface area (Å²) in [5.41, 5.74) is 0.222. The average molecular weight is 239 g/mol. The lowest BCUT2D eigenvalue weighted by Gasteiger charge is -2.03. The molecule has 0 heterocycles. The van der Waals surface area contributed by atoms with E-state index in [1.807, 2.05) is 5.32 Å². The number of anilines is 1. The fourth-order valence-electron chi connectivity index (χ4n) is 0.746. The number of hydrogen-bond acceptors (Lipinski definition) is 1. The summed E-state index contributed by atoms with van der Waals surface area (Å²) in [4.78, 5) is 10.1. The van der Waals surface area contributed by atoms with Gasteiger partial charge in [-0.3, -0.25) is 5.32 Å². The Morgan fingerprint density at radius 2 is 1.62 bits per heavy atom. The lowest BCUT2D eigenvalue weighted by molar-refractivity contribution is 0.185. The van der Waals surface area contributed by atoms with Crippen LogP contribution in [0.25, 0.3) is 0 Å². The third kappa shape index (κ3) is 2.66. The SMILES string of the molecule is [O]C(=O)Nc1cc(Cl)c(Cl)c(Cl)c1. The van der Waals surface area contributed by atoms with Gasteiger partial charge in [-0.05, 0) is 12.1 Å². The van der Waals surface area contributed by atoms with Gasteiger partial charge >= 0.3 is 6.09 Å². The average Bonchev–Trinajstić information content (AvgIpc) is 1.98. The molecule has 0 saturated carbocycles. The molecule has 69 valence electrons. The van der Waals surface area contributed by atoms with E-state index in [0.29, 0.717) is 0 Å². The Morgan fingerprint density at radius 1 is 1.15 bits per heavy atom. The summed E-state index contributed by atoms with van der Waals surface area (Å²) in [5.74, 6) is 0. The number of nitrogens with one attached hydrogen (secondary N) is 1. The molecule has 0 atom stereocenters. The Balaban J connectivity index is 3.06. The lowest BCUT2D eigenvalue weighted by atomic mass is 10.3. The van der Waals surface area contributed by atoms with Crippen LogP contribution in [-0.4, -0.2) is 6.09 Å². The van der Waals surface area contributed by atoms with Gasteiger partial charge in [0.05, 0.1) is 15.1 Å². The first-order valence-corrected chi connectivity index (χ1v) is 4.26. The van der Waals surface area contributed by atoms with E-state index in [0.717, 1.165) is 0 Å². The highest BCUT2D eigenvalue weighted by Gasteiger charge is 2.07. The van der Waals surface area contributed by atoms with Crippen molar-refractivity contribution in [1.29, 1.82) is 0 Å². The second kappa shape index (κ2) is 4.05. The number of amides is 1. The number of halogens is 3. The molecule has 6 heteroatoms. The molecule has 0 saturated heterocycles. The van der Waals surface area contributed by atoms with E-state index in [9.17, 15) is 9.90 Å². The fraction of sp³-hybridized carbons (Fsp3) is 0. The van der Waals surface area contributed by atoms with E-state index in [1.54, 1.807) is 0 Å². The first-order valence-electron chi connectivity index (χ1n) is 3.13. The molecule has 0 unspecified atom stereocenters. The van der Waals surface area contributed by atoms with Crippen molar-refractivity contribution in [2.45, 2.75) is 0 Å². The van der Waals surface area contributed by atoms with Crippen LogP contribution in [-0.2, 0) is 5.11 Å². The van der Waals surface area contributed by atoms with Crippen LogP contribution < -0.4 is 5.32 Å². The van der Waals surface area contributed by atoms with E-state index in [2.05, 4.69) is 0 Å². The maximum Gasteiger partial charge on any atom is 0.454 e. The van der Waals surface area contributed by atoms with Gasteiger partial charge in [0.1, 0.15) is 0 Å². The molecular formula is C7H3Cl3NO2. The molecular weight excluding hydrogens is 236 g/mol. The normalized spacial score (nSPS) is 9.77. The Bertz CT molecular complexity index is 331. The highest BCUT2D eigenvalue weighted by atomic mass is 35.5. The molecule has 0 bridgehead atoms. The Kier molecular flexibility index (Phi) is 3.25. The van der Waals surface area contributed by atoms with Gasteiger partial charge < -0.3 is 0 Å². The van der Waals surface area contributed by atoms with Gasteiger partial charge in [-0.2, -0.15) is 0 Å². The van der Waals surface area contributed by atoms with Gasteiger partial charge in [0, 0.05) is 5.69 Å². The molecule has 0 aliphatic carbocycles. The van der Waals surface area contributed by atoms with E-state index < -0.39 is 6.09 Å². The number of benzene rings is 1. The number of carbonyl (C=O) groups is 1. The minimum Gasteiger partial charge on any atom is -0.288 e. The maximum absolute atomic E-state index is 10.1. The molecule has 1 amide bonds. The van der Waals surface area contributed by atoms with Crippen LogP contribution in [0.15, 0.2) is 12.1 Å². The molecule has 0 aliphatic rings. The van der Waals surface area contributed by atoms with E-state index >= 15 is 0 Å². The molecule has 3 nitrogen and oxygen atoms in total. The highest BCUT2D eigenvalue weighted by Crippen LogP contribution is 2.32. The van der Waals surface area contributed by atoms with Crippen molar-refractivity contribution in [3.05, 3.63) is 27.2 Å². The molecule has 1 radical (unpaired) electrons. The van der Waals surface area contributed by atoms with Gasteiger partial charge in [-0.1, -0.05) is 34.8 Å². The molecule has 0 spiro atoms. The summed E-state index contributed by atoms with van der Waals surface area (Å²) in [5, 5.41) is 12.7. The zero-order chi connectivity index (χ0) is 10.0. The summed E-state index contributed by atoms with van der Waals surface area (Å²) in [6.45, 7) is 0. The molecule has 1 aromatic carbocycles. The van der Waals surface area contributed by atoms with Crippen LogP contribution in [0.3, 0.4) is 0 Å². The maximum atomic E-state index is 10.1. The summed E-state index contributed by atoms with van der Waals surface area (Å²) < 4.78 is 0. The van der Waals surface area contributed by atoms with Crippen molar-refractivity contribution < 1.29 is 9.90 Å². The van der Waals surface area contributed by atoms with Crippen molar-refractivity contribution in [3.63, 3.8) is 0 Å². The van der Waals surface area contributed by atoms with Gasteiger partial charge in [-0.15, -0.1) is 0 Å². The monoisotopic (exact) mass is 238 g/mol. The second-order valence-corrected chi connectivity index (χ2v) is 3.36. The lowest BCUT2D eigenvalue weighted by Crippen LogP contribution is -2.05. The Hall–Kier alpha value is -0.640. The predicted molar refractivity (Wildman–Crippen MR) is 51.2 cm³/mol. The van der Waals surface area contributed by atoms with Crippen LogP contribution >= 0.6 is 34.8 Å². The fourth-order valence-corrected chi connectivity index (χ4v) is 1.34. The molecule has 0 aliphatic heterocycles. The van der Waals surface area contributed by atoms with Crippen LogP contribution in [0.4, 0.5) is 10.5 Å². The minimum atomic E-state index is -1.44. The predicted octanol–water partition coefficient (Wildman–Crippen LogP) is 3.61. The van der Waals surface area contributed by atoms with Crippen molar-refractivity contribution >= 4 is 46.6 Å². The van der Waals surface area contributed by atoms with Gasteiger partial charge in [0.15, 0.2) is 0 Å². The highest BCUT2D eigenvalue weighted by molar-refractivity contribution is 6.48. The van der Waals surface area contributed by atoms with Crippen molar-refractivity contribution in [3.8, 4) is 0 Å². The summed E-state index contributed by atoms with van der Waals surface area (Å²) >= 11 is 16.9. The third-order valence-electron chi connectivity index (χ3n) is 1.23. The summed E-state index contributed by atoms with van der Waals surface area (Å²) in [6.07, 6.45) is -1.44. The molecule has 1 aromatic rings. The van der Waals surface area contributed by atoms with Crippen LogP contribution in [0.1, 0.15) is 0 Å². The quantitative estimate of drug-likeness (QED) is 0.748. The molecule has 0 fully saturated rings. The molecule has 13 heavy (non-hydrogen) atoms. The van der Waals surface area contributed by atoms with Crippen molar-refractivity contribution in [2.75, 3.05) is 5.32 Å². The second-order valence-electron chi connectivity index (χ2n) is 2.17. The van der Waals surface area contributed by atoms with Gasteiger partial charge in [-0.25, -0.2) is 9.90 Å². The van der Waals surface area contributed by atoms with E-state index in [4.69, 9.17) is 34.8 Å². The minimum absolute atomic E-state index is 0.179. The summed E-state index contributed by atoms with van der Waals surface area (Å²) in [6, 6.07) is 2.68. The number of rotatable bonds is 1. The smallest absolute Gasteiger partial charge is 0.288 e. The molecule has 1 N–H and O–H groups in total. The summed E-state index contributed by atoms with van der Waals surface area (Å²) in [7, 11) is 0. The Morgan fingerprint density at radius 3 is 2.00 bits per heavy atom. The zero-order valence-corrected chi connectivity index (χ0v) is 8.37. The topological polar surface area (TPSA) is 49.0 Å².